The number of phenols is 1. The molecule has 2 rings (SSSR count). The molecule has 0 saturated carbocycles. The summed E-state index contributed by atoms with van der Waals surface area (Å²) in [6.45, 7) is 2.22. The predicted molar refractivity (Wildman–Crippen MR) is 98.5 cm³/mol. The van der Waals surface area contributed by atoms with Gasteiger partial charge in [-0.1, -0.05) is 23.2 Å². The molecule has 0 saturated heterocycles. The van der Waals surface area contributed by atoms with Crippen LogP contribution in [-0.4, -0.2) is 23.8 Å². The van der Waals surface area contributed by atoms with E-state index in [1.807, 2.05) is 6.92 Å². The molecule has 0 unspecified atom stereocenters. The Labute approximate surface area is 157 Å². The predicted octanol–water partition coefficient (Wildman–Crippen LogP) is 4.62. The average molecular weight is 432 g/mol. The summed E-state index contributed by atoms with van der Waals surface area (Å²) >= 11 is 14.9. The first-order chi connectivity index (χ1) is 11.4. The van der Waals surface area contributed by atoms with Crippen LogP contribution >= 0.6 is 39.1 Å². The Balaban J connectivity index is 2.11. The first-order valence-electron chi connectivity index (χ1n) is 6.86. The normalized spacial score (nSPS) is 10.8. The van der Waals surface area contributed by atoms with Gasteiger partial charge in [-0.2, -0.15) is 5.10 Å². The summed E-state index contributed by atoms with van der Waals surface area (Å²) < 4.78 is 5.79. The Kier molecular flexibility index (Phi) is 6.48. The minimum absolute atomic E-state index is 0.00819. The van der Waals surface area contributed by atoms with Gasteiger partial charge >= 0.3 is 0 Å². The third kappa shape index (κ3) is 4.63. The highest BCUT2D eigenvalue weighted by atomic mass is 79.9. The lowest BCUT2D eigenvalue weighted by atomic mass is 10.2. The monoisotopic (exact) mass is 430 g/mol. The van der Waals surface area contributed by atoms with Crippen molar-refractivity contribution in [3.8, 4) is 11.5 Å². The first kappa shape index (κ1) is 18.6. The summed E-state index contributed by atoms with van der Waals surface area (Å²) in [6, 6.07) is 7.79. The van der Waals surface area contributed by atoms with E-state index in [2.05, 4.69) is 26.5 Å². The summed E-state index contributed by atoms with van der Waals surface area (Å²) in [5.41, 5.74) is 3.36. The molecular formula is C16H13BrCl2N2O3. The molecule has 0 bridgehead atoms. The van der Waals surface area contributed by atoms with Gasteiger partial charge in [-0.25, -0.2) is 5.43 Å². The van der Waals surface area contributed by atoms with E-state index < -0.39 is 5.91 Å². The molecule has 0 aromatic heterocycles. The van der Waals surface area contributed by atoms with Gasteiger partial charge in [-0.15, -0.1) is 0 Å². The van der Waals surface area contributed by atoms with E-state index in [0.29, 0.717) is 33.0 Å². The Hall–Kier alpha value is -1.76. The van der Waals surface area contributed by atoms with E-state index in [4.69, 9.17) is 27.9 Å². The fourth-order valence-corrected chi connectivity index (χ4v) is 2.56. The van der Waals surface area contributed by atoms with Crippen molar-refractivity contribution in [3.05, 3.63) is 56.0 Å². The number of rotatable bonds is 5. The number of carbonyl (C=O) groups is 1. The number of benzene rings is 2. The van der Waals surface area contributed by atoms with Gasteiger partial charge in [0.25, 0.3) is 5.91 Å². The molecule has 0 aliphatic heterocycles. The van der Waals surface area contributed by atoms with Gasteiger partial charge < -0.3 is 9.84 Å². The van der Waals surface area contributed by atoms with E-state index in [1.54, 1.807) is 18.2 Å². The van der Waals surface area contributed by atoms with Crippen LogP contribution < -0.4 is 10.2 Å². The van der Waals surface area contributed by atoms with Gasteiger partial charge in [0.2, 0.25) is 0 Å². The van der Waals surface area contributed by atoms with Crippen molar-refractivity contribution in [2.45, 2.75) is 6.92 Å². The van der Waals surface area contributed by atoms with Crippen molar-refractivity contribution in [2.75, 3.05) is 6.61 Å². The van der Waals surface area contributed by atoms with Crippen molar-refractivity contribution in [2.24, 2.45) is 5.10 Å². The SMILES string of the molecule is CCOc1cc(/C=N\NC(=O)c2ccc(Cl)c(Cl)c2)cc(Br)c1O. The standard InChI is InChI=1S/C16H13BrCl2N2O3/c1-2-24-14-6-9(5-11(17)15(14)22)8-20-21-16(23)10-3-4-12(18)13(19)7-10/h3-8,22H,2H2,1H3,(H,21,23)/b20-8-. The Bertz CT molecular complexity index is 797. The second kappa shape index (κ2) is 8.37. The highest BCUT2D eigenvalue weighted by Crippen LogP contribution is 2.35. The Morgan fingerprint density at radius 3 is 2.75 bits per heavy atom. The minimum Gasteiger partial charge on any atom is -0.503 e. The zero-order valence-corrected chi connectivity index (χ0v) is 15.6. The number of nitrogens with one attached hydrogen (secondary N) is 1. The van der Waals surface area contributed by atoms with Crippen molar-refractivity contribution in [1.29, 1.82) is 0 Å². The number of carbonyl (C=O) groups excluding carboxylic acids is 1. The summed E-state index contributed by atoms with van der Waals surface area (Å²) in [6.07, 6.45) is 1.43. The number of halogens is 3. The van der Waals surface area contributed by atoms with E-state index in [9.17, 15) is 9.90 Å². The second-order valence-electron chi connectivity index (χ2n) is 4.61. The number of phenolic OH excluding ortho intramolecular Hbond substituents is 1. The molecule has 0 heterocycles. The Morgan fingerprint density at radius 1 is 1.33 bits per heavy atom. The van der Waals surface area contributed by atoms with Crippen LogP contribution in [0.25, 0.3) is 0 Å². The molecule has 24 heavy (non-hydrogen) atoms. The first-order valence-corrected chi connectivity index (χ1v) is 8.41. The van der Waals surface area contributed by atoms with Crippen LogP contribution in [0.15, 0.2) is 39.9 Å². The zero-order valence-electron chi connectivity index (χ0n) is 12.5. The molecule has 5 nitrogen and oxygen atoms in total. The lowest BCUT2D eigenvalue weighted by Crippen LogP contribution is -2.17. The van der Waals surface area contributed by atoms with Crippen molar-refractivity contribution < 1.29 is 14.6 Å². The van der Waals surface area contributed by atoms with Crippen LogP contribution in [0.1, 0.15) is 22.8 Å². The van der Waals surface area contributed by atoms with E-state index >= 15 is 0 Å². The van der Waals surface area contributed by atoms with Crippen LogP contribution in [0, 0.1) is 0 Å². The van der Waals surface area contributed by atoms with Crippen LogP contribution in [0.5, 0.6) is 11.5 Å². The van der Waals surface area contributed by atoms with Crippen molar-refractivity contribution in [3.63, 3.8) is 0 Å². The maximum Gasteiger partial charge on any atom is 0.271 e. The van der Waals surface area contributed by atoms with Crippen LogP contribution in [-0.2, 0) is 0 Å². The van der Waals surface area contributed by atoms with E-state index in [0.717, 1.165) is 0 Å². The summed E-state index contributed by atoms with van der Waals surface area (Å²) in [7, 11) is 0. The summed E-state index contributed by atoms with van der Waals surface area (Å²) in [4.78, 5) is 12.0. The molecule has 2 aromatic carbocycles. The van der Waals surface area contributed by atoms with Gasteiger partial charge in [-0.3, -0.25) is 4.79 Å². The molecule has 126 valence electrons. The third-order valence-corrected chi connectivity index (χ3v) is 4.26. The second-order valence-corrected chi connectivity index (χ2v) is 6.28. The Morgan fingerprint density at radius 2 is 2.08 bits per heavy atom. The molecule has 0 fully saturated rings. The molecule has 0 aliphatic carbocycles. The highest BCUT2D eigenvalue weighted by molar-refractivity contribution is 9.10. The van der Waals surface area contributed by atoms with Crippen molar-refractivity contribution in [1.82, 2.24) is 5.43 Å². The summed E-state index contributed by atoms with van der Waals surface area (Å²) in [5.74, 6) is -0.0920. The lowest BCUT2D eigenvalue weighted by molar-refractivity contribution is 0.0955. The number of aromatic hydroxyl groups is 1. The van der Waals surface area contributed by atoms with Crippen LogP contribution in [0.3, 0.4) is 0 Å². The average Bonchev–Trinajstić information content (AvgIpc) is 2.54. The molecule has 8 heteroatoms. The number of hydrogen-bond donors (Lipinski definition) is 2. The van der Waals surface area contributed by atoms with E-state index in [1.165, 1.54) is 18.3 Å². The maximum atomic E-state index is 12.0. The van der Waals surface area contributed by atoms with E-state index in [-0.39, 0.29) is 10.8 Å². The third-order valence-electron chi connectivity index (χ3n) is 2.91. The number of amides is 1. The zero-order chi connectivity index (χ0) is 17.7. The minimum atomic E-state index is -0.423. The van der Waals surface area contributed by atoms with Gasteiger partial charge in [0.05, 0.1) is 27.3 Å². The molecular weight excluding hydrogens is 419 g/mol. The lowest BCUT2D eigenvalue weighted by Gasteiger charge is -2.08. The maximum absolute atomic E-state index is 12.0. The van der Waals surface area contributed by atoms with Gasteiger partial charge in [0.1, 0.15) is 0 Å². The fraction of sp³-hybridized carbons (Fsp3) is 0.125. The number of ether oxygens (including phenoxy) is 1. The molecule has 2 N–H and O–H groups in total. The molecule has 0 spiro atoms. The molecule has 1 amide bonds. The largest absolute Gasteiger partial charge is 0.503 e. The topological polar surface area (TPSA) is 70.9 Å². The molecule has 0 radical (unpaired) electrons. The van der Waals surface area contributed by atoms with Gasteiger partial charge in [0.15, 0.2) is 11.5 Å². The van der Waals surface area contributed by atoms with Crippen LogP contribution in [0.4, 0.5) is 0 Å². The van der Waals surface area contributed by atoms with Gasteiger partial charge in [-0.05, 0) is 58.7 Å². The fourth-order valence-electron chi connectivity index (χ4n) is 1.80. The summed E-state index contributed by atoms with van der Waals surface area (Å²) in [5, 5.41) is 14.4. The quantitative estimate of drug-likeness (QED) is 0.535. The number of hydrazone groups is 1. The smallest absolute Gasteiger partial charge is 0.271 e. The molecule has 0 aliphatic rings. The molecule has 0 atom stereocenters. The highest BCUT2D eigenvalue weighted by Gasteiger charge is 2.09. The van der Waals surface area contributed by atoms with Crippen LogP contribution in [0.2, 0.25) is 10.0 Å². The number of nitrogens with zero attached hydrogens (tertiary/aromatic N) is 1. The van der Waals surface area contributed by atoms with Gasteiger partial charge in [0, 0.05) is 5.56 Å². The number of hydrogen-bond acceptors (Lipinski definition) is 4. The molecule has 2 aromatic rings. The van der Waals surface area contributed by atoms with Crippen molar-refractivity contribution >= 4 is 51.3 Å².